The average molecular weight is 288 g/mol. The molecule has 0 saturated heterocycles. The molecular formula is C16H14ClNO2. The second-order valence-corrected chi connectivity index (χ2v) is 4.61. The van der Waals surface area contributed by atoms with E-state index in [0.717, 1.165) is 0 Å². The Bertz CT molecular complexity index is 611. The van der Waals surface area contributed by atoms with Gasteiger partial charge in [0.05, 0.1) is 5.69 Å². The van der Waals surface area contributed by atoms with Gasteiger partial charge in [0.25, 0.3) is 0 Å². The molecule has 0 aliphatic heterocycles. The highest BCUT2D eigenvalue weighted by molar-refractivity contribution is 6.19. The van der Waals surface area contributed by atoms with E-state index in [9.17, 15) is 9.59 Å². The van der Waals surface area contributed by atoms with Crippen molar-refractivity contribution in [3.8, 4) is 0 Å². The molecule has 0 heterocycles. The molecule has 0 aliphatic rings. The molecule has 1 amide bonds. The van der Waals surface area contributed by atoms with Crippen molar-refractivity contribution < 1.29 is 9.59 Å². The van der Waals surface area contributed by atoms with Gasteiger partial charge in [0.1, 0.15) is 0 Å². The molecular weight excluding hydrogens is 274 g/mol. The number of nitrogens with one attached hydrogen (secondary N) is 1. The number of carbonyl (C=O) groups is 2. The summed E-state index contributed by atoms with van der Waals surface area (Å²) in [6, 6.07) is 15.9. The van der Waals surface area contributed by atoms with E-state index >= 15 is 0 Å². The van der Waals surface area contributed by atoms with E-state index in [1.165, 1.54) is 0 Å². The van der Waals surface area contributed by atoms with Gasteiger partial charge >= 0.3 is 0 Å². The molecule has 20 heavy (non-hydrogen) atoms. The fourth-order valence-electron chi connectivity index (χ4n) is 1.83. The molecule has 2 aromatic carbocycles. The van der Waals surface area contributed by atoms with Crippen molar-refractivity contribution in [3.05, 3.63) is 65.7 Å². The van der Waals surface area contributed by atoms with Crippen LogP contribution in [-0.4, -0.2) is 17.6 Å². The molecule has 0 unspecified atom stereocenters. The van der Waals surface area contributed by atoms with Crippen LogP contribution in [0, 0.1) is 0 Å². The maximum atomic E-state index is 12.4. The van der Waals surface area contributed by atoms with Crippen molar-refractivity contribution in [2.45, 2.75) is 6.42 Å². The summed E-state index contributed by atoms with van der Waals surface area (Å²) in [6.45, 7) is 0. The van der Waals surface area contributed by atoms with Gasteiger partial charge in [-0.25, -0.2) is 0 Å². The topological polar surface area (TPSA) is 46.2 Å². The minimum absolute atomic E-state index is 0.118. The maximum Gasteiger partial charge on any atom is 0.225 e. The second kappa shape index (κ2) is 6.87. The standard InChI is InChI=1S/C16H14ClNO2/c17-11-10-15(19)18-14-9-5-4-8-13(14)16(20)12-6-2-1-3-7-12/h1-9H,10-11H2,(H,18,19). The number of anilines is 1. The first-order chi connectivity index (χ1) is 9.72. The Hall–Kier alpha value is -2.13. The number of amides is 1. The second-order valence-electron chi connectivity index (χ2n) is 4.23. The number of rotatable bonds is 5. The van der Waals surface area contributed by atoms with Gasteiger partial charge in [-0.3, -0.25) is 9.59 Å². The molecule has 2 aromatic rings. The van der Waals surface area contributed by atoms with Crippen molar-refractivity contribution in [1.82, 2.24) is 0 Å². The fourth-order valence-corrected chi connectivity index (χ4v) is 2.01. The zero-order chi connectivity index (χ0) is 14.4. The summed E-state index contributed by atoms with van der Waals surface area (Å²) in [4.78, 5) is 24.0. The van der Waals surface area contributed by atoms with E-state index in [-0.39, 0.29) is 24.0 Å². The summed E-state index contributed by atoms with van der Waals surface area (Å²) in [5.74, 6) is -0.0682. The molecule has 0 bridgehead atoms. The van der Waals surface area contributed by atoms with Crippen LogP contribution in [0.15, 0.2) is 54.6 Å². The molecule has 0 atom stereocenters. The van der Waals surface area contributed by atoms with Gasteiger partial charge in [-0.1, -0.05) is 42.5 Å². The summed E-state index contributed by atoms with van der Waals surface area (Å²) < 4.78 is 0. The smallest absolute Gasteiger partial charge is 0.225 e. The number of hydrogen-bond acceptors (Lipinski definition) is 2. The Labute approximate surface area is 122 Å². The minimum atomic E-state index is -0.201. The lowest BCUT2D eigenvalue weighted by Gasteiger charge is -2.10. The first-order valence-corrected chi connectivity index (χ1v) is 6.80. The molecule has 0 aromatic heterocycles. The Kier molecular flexibility index (Phi) is 4.91. The molecule has 0 spiro atoms. The predicted octanol–water partition coefficient (Wildman–Crippen LogP) is 3.49. The van der Waals surface area contributed by atoms with Crippen LogP contribution in [0.4, 0.5) is 5.69 Å². The third-order valence-corrected chi connectivity index (χ3v) is 2.99. The maximum absolute atomic E-state index is 12.4. The van der Waals surface area contributed by atoms with Crippen molar-refractivity contribution in [3.63, 3.8) is 0 Å². The molecule has 2 rings (SSSR count). The number of benzene rings is 2. The third kappa shape index (κ3) is 3.45. The zero-order valence-electron chi connectivity index (χ0n) is 10.8. The highest BCUT2D eigenvalue weighted by Crippen LogP contribution is 2.19. The molecule has 1 N–H and O–H groups in total. The number of carbonyl (C=O) groups excluding carboxylic acids is 2. The van der Waals surface area contributed by atoms with Crippen LogP contribution in [0.5, 0.6) is 0 Å². The predicted molar refractivity (Wildman–Crippen MR) is 80.3 cm³/mol. The van der Waals surface area contributed by atoms with E-state index in [0.29, 0.717) is 16.8 Å². The average Bonchev–Trinajstić information content (AvgIpc) is 2.48. The van der Waals surface area contributed by atoms with E-state index in [2.05, 4.69) is 5.32 Å². The lowest BCUT2D eigenvalue weighted by atomic mass is 10.0. The zero-order valence-corrected chi connectivity index (χ0v) is 11.6. The van der Waals surface area contributed by atoms with Crippen LogP contribution in [-0.2, 0) is 4.79 Å². The molecule has 4 heteroatoms. The molecule has 102 valence electrons. The minimum Gasteiger partial charge on any atom is -0.325 e. The summed E-state index contributed by atoms with van der Waals surface area (Å²) >= 11 is 5.53. The van der Waals surface area contributed by atoms with Crippen LogP contribution >= 0.6 is 11.6 Å². The highest BCUT2D eigenvalue weighted by atomic mass is 35.5. The molecule has 3 nitrogen and oxygen atoms in total. The molecule has 0 aliphatic carbocycles. The number of alkyl halides is 1. The molecule has 0 saturated carbocycles. The SMILES string of the molecule is O=C(CCCl)Nc1ccccc1C(=O)c1ccccc1. The summed E-state index contributed by atoms with van der Waals surface area (Å²) in [6.07, 6.45) is 0.218. The quantitative estimate of drug-likeness (QED) is 0.676. The molecule has 0 fully saturated rings. The number of halogens is 1. The highest BCUT2D eigenvalue weighted by Gasteiger charge is 2.14. The number of hydrogen-bond donors (Lipinski definition) is 1. The Morgan fingerprint density at radius 1 is 0.950 bits per heavy atom. The van der Waals surface area contributed by atoms with Gasteiger partial charge < -0.3 is 5.32 Å². The van der Waals surface area contributed by atoms with Crippen molar-refractivity contribution in [2.24, 2.45) is 0 Å². The summed E-state index contributed by atoms with van der Waals surface area (Å²) in [5, 5.41) is 2.72. The van der Waals surface area contributed by atoms with Crippen molar-refractivity contribution >= 4 is 29.0 Å². The van der Waals surface area contributed by atoms with E-state index in [4.69, 9.17) is 11.6 Å². The van der Waals surface area contributed by atoms with Crippen LogP contribution in [0.25, 0.3) is 0 Å². The largest absolute Gasteiger partial charge is 0.325 e. The Morgan fingerprint density at radius 2 is 1.60 bits per heavy atom. The fraction of sp³-hybridized carbons (Fsp3) is 0.125. The monoisotopic (exact) mass is 287 g/mol. The van der Waals surface area contributed by atoms with Crippen molar-refractivity contribution in [1.29, 1.82) is 0 Å². The van der Waals surface area contributed by atoms with Crippen molar-refractivity contribution in [2.75, 3.05) is 11.2 Å². The Morgan fingerprint density at radius 3 is 2.30 bits per heavy atom. The van der Waals surface area contributed by atoms with E-state index in [1.54, 1.807) is 36.4 Å². The lowest BCUT2D eigenvalue weighted by Crippen LogP contribution is -2.15. The van der Waals surface area contributed by atoms with Gasteiger partial charge in [0, 0.05) is 23.4 Å². The van der Waals surface area contributed by atoms with Crippen LogP contribution in [0.1, 0.15) is 22.3 Å². The number of ketones is 1. The van der Waals surface area contributed by atoms with Gasteiger partial charge in [-0.15, -0.1) is 11.6 Å². The van der Waals surface area contributed by atoms with Gasteiger partial charge in [0.15, 0.2) is 5.78 Å². The van der Waals surface area contributed by atoms with Gasteiger partial charge in [-0.2, -0.15) is 0 Å². The third-order valence-electron chi connectivity index (χ3n) is 2.80. The lowest BCUT2D eigenvalue weighted by molar-refractivity contribution is -0.115. The molecule has 0 radical (unpaired) electrons. The van der Waals surface area contributed by atoms with E-state index < -0.39 is 0 Å². The summed E-state index contributed by atoms with van der Waals surface area (Å²) in [7, 11) is 0. The Balaban J connectivity index is 2.28. The van der Waals surface area contributed by atoms with E-state index in [1.807, 2.05) is 18.2 Å². The van der Waals surface area contributed by atoms with Crippen LogP contribution in [0.2, 0.25) is 0 Å². The van der Waals surface area contributed by atoms with Crippen LogP contribution in [0.3, 0.4) is 0 Å². The van der Waals surface area contributed by atoms with Gasteiger partial charge in [0.2, 0.25) is 5.91 Å². The normalized spacial score (nSPS) is 10.1. The first-order valence-electron chi connectivity index (χ1n) is 6.27. The first kappa shape index (κ1) is 14.3. The number of para-hydroxylation sites is 1. The summed E-state index contributed by atoms with van der Waals surface area (Å²) in [5.41, 5.74) is 1.57. The van der Waals surface area contributed by atoms with Crippen LogP contribution < -0.4 is 5.32 Å². The van der Waals surface area contributed by atoms with Gasteiger partial charge in [-0.05, 0) is 12.1 Å².